The van der Waals surface area contributed by atoms with E-state index in [4.69, 9.17) is 4.74 Å². The van der Waals surface area contributed by atoms with Crippen LogP contribution >= 0.6 is 0 Å². The number of hydrogen-bond donors (Lipinski definition) is 0. The summed E-state index contributed by atoms with van der Waals surface area (Å²) in [5.41, 5.74) is 4.23. The van der Waals surface area contributed by atoms with E-state index in [0.29, 0.717) is 0 Å². The minimum Gasteiger partial charge on any atom is -0.497 e. The summed E-state index contributed by atoms with van der Waals surface area (Å²) in [7, 11) is 1.66. The fourth-order valence-electron chi connectivity index (χ4n) is 2.60. The van der Waals surface area contributed by atoms with E-state index in [1.54, 1.807) is 13.2 Å². The molecule has 0 unspecified atom stereocenters. The van der Waals surface area contributed by atoms with E-state index < -0.39 is 0 Å². The number of hydrogen-bond acceptors (Lipinski definition) is 2. The number of carbonyl (C=O) groups is 1. The average Bonchev–Trinajstić information content (AvgIpc) is 2.54. The van der Waals surface area contributed by atoms with Gasteiger partial charge in [0.25, 0.3) is 0 Å². The molecular weight excluding hydrogens is 296 g/mol. The van der Waals surface area contributed by atoms with Gasteiger partial charge in [-0.1, -0.05) is 62.7 Å². The lowest BCUT2D eigenvalue weighted by Crippen LogP contribution is -2.11. The smallest absolute Gasteiger partial charge is 0.185 e. The first-order chi connectivity index (χ1) is 11.3. The first kappa shape index (κ1) is 18.0. The Morgan fingerprint density at radius 3 is 2.33 bits per heavy atom. The molecule has 0 spiro atoms. The summed E-state index contributed by atoms with van der Waals surface area (Å²) in [5, 5.41) is 0. The highest BCUT2D eigenvalue weighted by Crippen LogP contribution is 2.22. The zero-order chi connectivity index (χ0) is 17.7. The van der Waals surface area contributed by atoms with Crippen LogP contribution in [0.4, 0.5) is 0 Å². The predicted molar refractivity (Wildman–Crippen MR) is 99.9 cm³/mol. The molecule has 2 aromatic carbocycles. The molecule has 0 saturated heterocycles. The summed E-state index contributed by atoms with van der Waals surface area (Å²) in [6.07, 6.45) is 2.47. The Morgan fingerprint density at radius 2 is 1.75 bits per heavy atom. The zero-order valence-electron chi connectivity index (χ0n) is 15.2. The van der Waals surface area contributed by atoms with Crippen molar-refractivity contribution in [1.82, 2.24) is 0 Å². The Labute approximate surface area is 145 Å². The molecule has 0 bridgehead atoms. The Morgan fingerprint density at radius 1 is 1.08 bits per heavy atom. The molecule has 0 aliphatic heterocycles. The van der Waals surface area contributed by atoms with Crippen LogP contribution in [0.1, 0.15) is 49.2 Å². The van der Waals surface area contributed by atoms with Gasteiger partial charge in [-0.3, -0.25) is 4.79 Å². The Balaban J connectivity index is 2.10. The van der Waals surface area contributed by atoms with Crippen LogP contribution < -0.4 is 4.74 Å². The third kappa shape index (κ3) is 4.82. The number of benzene rings is 2. The van der Waals surface area contributed by atoms with Crippen molar-refractivity contribution in [2.75, 3.05) is 7.11 Å². The van der Waals surface area contributed by atoms with Crippen molar-refractivity contribution in [1.29, 1.82) is 0 Å². The minimum absolute atomic E-state index is 0.0517. The van der Waals surface area contributed by atoms with Gasteiger partial charge in [0, 0.05) is 5.56 Å². The van der Waals surface area contributed by atoms with Gasteiger partial charge in [-0.2, -0.15) is 0 Å². The second-order valence-electron chi connectivity index (χ2n) is 7.21. The molecule has 0 atom stereocenters. The highest BCUT2D eigenvalue weighted by molar-refractivity contribution is 6.04. The molecule has 0 heterocycles. The van der Waals surface area contributed by atoms with Crippen molar-refractivity contribution in [2.45, 2.75) is 39.5 Å². The van der Waals surface area contributed by atoms with Gasteiger partial charge in [0.2, 0.25) is 0 Å². The fraction of sp³-hybridized carbons (Fsp3) is 0.318. The first-order valence-corrected chi connectivity index (χ1v) is 8.24. The van der Waals surface area contributed by atoms with Crippen LogP contribution in [0.3, 0.4) is 0 Å². The molecule has 0 saturated carbocycles. The maximum atomic E-state index is 12.4. The quantitative estimate of drug-likeness (QED) is 0.547. The van der Waals surface area contributed by atoms with Gasteiger partial charge >= 0.3 is 0 Å². The number of allylic oxidation sites excluding steroid dienone is 2. The highest BCUT2D eigenvalue weighted by Gasteiger charge is 2.13. The molecular formula is C22H26O2. The molecule has 0 amide bonds. The van der Waals surface area contributed by atoms with Crippen LogP contribution in [0.2, 0.25) is 0 Å². The van der Waals surface area contributed by atoms with Crippen LogP contribution in [-0.4, -0.2) is 12.9 Å². The lowest BCUT2D eigenvalue weighted by Gasteiger charge is -2.18. The summed E-state index contributed by atoms with van der Waals surface area (Å²) < 4.78 is 5.24. The first-order valence-electron chi connectivity index (χ1n) is 8.24. The molecule has 24 heavy (non-hydrogen) atoms. The van der Waals surface area contributed by atoms with Gasteiger partial charge in [0.15, 0.2) is 5.78 Å². The molecule has 0 aliphatic rings. The van der Waals surface area contributed by atoms with E-state index in [1.807, 2.05) is 55.5 Å². The number of ketones is 1. The summed E-state index contributed by atoms with van der Waals surface area (Å²) in [6, 6.07) is 15.8. The topological polar surface area (TPSA) is 26.3 Å². The standard InChI is InChI=1S/C22H26O2/c1-16(13-17-7-6-8-20(15-17)24-5)14-21(23)18-9-11-19(12-10-18)22(2,3)4/h6-12,14-15H,13H2,1-5H3/b16-14+. The second-order valence-corrected chi connectivity index (χ2v) is 7.21. The summed E-state index contributed by atoms with van der Waals surface area (Å²) >= 11 is 0. The number of ether oxygens (including phenoxy) is 1. The molecule has 126 valence electrons. The zero-order valence-corrected chi connectivity index (χ0v) is 15.2. The van der Waals surface area contributed by atoms with Gasteiger partial charge in [0.1, 0.15) is 5.75 Å². The third-order valence-electron chi connectivity index (χ3n) is 4.03. The van der Waals surface area contributed by atoms with Crippen molar-refractivity contribution < 1.29 is 9.53 Å². The molecule has 2 rings (SSSR count). The monoisotopic (exact) mass is 322 g/mol. The molecule has 0 aromatic heterocycles. The molecule has 0 N–H and O–H groups in total. The summed E-state index contributed by atoms with van der Waals surface area (Å²) in [6.45, 7) is 8.49. The number of rotatable bonds is 5. The van der Waals surface area contributed by atoms with E-state index in [0.717, 1.165) is 28.9 Å². The van der Waals surface area contributed by atoms with Crippen LogP contribution in [0.25, 0.3) is 0 Å². The van der Waals surface area contributed by atoms with Crippen LogP contribution in [0, 0.1) is 0 Å². The van der Waals surface area contributed by atoms with Crippen molar-refractivity contribution >= 4 is 5.78 Å². The van der Waals surface area contributed by atoms with Gasteiger partial charge in [-0.25, -0.2) is 0 Å². The maximum absolute atomic E-state index is 12.4. The third-order valence-corrected chi connectivity index (χ3v) is 4.03. The average molecular weight is 322 g/mol. The summed E-state index contributed by atoms with van der Waals surface area (Å²) in [4.78, 5) is 12.4. The molecule has 2 nitrogen and oxygen atoms in total. The molecule has 2 heteroatoms. The highest BCUT2D eigenvalue weighted by atomic mass is 16.5. The van der Waals surface area contributed by atoms with Crippen molar-refractivity contribution in [3.05, 3.63) is 76.9 Å². The van der Waals surface area contributed by atoms with Crippen LogP contribution in [0.5, 0.6) is 5.75 Å². The van der Waals surface area contributed by atoms with E-state index in [1.165, 1.54) is 5.56 Å². The largest absolute Gasteiger partial charge is 0.497 e. The van der Waals surface area contributed by atoms with Crippen molar-refractivity contribution in [3.8, 4) is 5.75 Å². The van der Waals surface area contributed by atoms with Crippen molar-refractivity contribution in [2.24, 2.45) is 0 Å². The van der Waals surface area contributed by atoms with Gasteiger partial charge < -0.3 is 4.74 Å². The molecule has 0 fully saturated rings. The Hall–Kier alpha value is -2.35. The Kier molecular flexibility index (Phi) is 5.61. The van der Waals surface area contributed by atoms with Crippen LogP contribution in [-0.2, 0) is 11.8 Å². The van der Waals surface area contributed by atoms with E-state index in [2.05, 4.69) is 20.8 Å². The number of carbonyl (C=O) groups excluding carboxylic acids is 1. The lowest BCUT2D eigenvalue weighted by atomic mass is 9.86. The van der Waals surface area contributed by atoms with E-state index >= 15 is 0 Å². The predicted octanol–water partition coefficient (Wildman–Crippen LogP) is 5.36. The second kappa shape index (κ2) is 7.48. The molecule has 0 aliphatic carbocycles. The van der Waals surface area contributed by atoms with Gasteiger partial charge in [-0.05, 0) is 48.1 Å². The maximum Gasteiger partial charge on any atom is 0.185 e. The fourth-order valence-corrected chi connectivity index (χ4v) is 2.60. The van der Waals surface area contributed by atoms with Gasteiger partial charge in [-0.15, -0.1) is 0 Å². The van der Waals surface area contributed by atoms with Crippen LogP contribution in [0.15, 0.2) is 60.2 Å². The SMILES string of the molecule is COc1cccc(C/C(C)=C/C(=O)c2ccc(C(C)(C)C)cc2)c1. The Bertz CT molecular complexity index is 731. The normalized spacial score (nSPS) is 12.1. The van der Waals surface area contributed by atoms with E-state index in [9.17, 15) is 4.79 Å². The number of methoxy groups -OCH3 is 1. The molecule has 2 aromatic rings. The van der Waals surface area contributed by atoms with E-state index in [-0.39, 0.29) is 11.2 Å². The minimum atomic E-state index is 0.0517. The lowest BCUT2D eigenvalue weighted by molar-refractivity contribution is 0.104. The summed E-state index contributed by atoms with van der Waals surface area (Å²) in [5.74, 6) is 0.889. The molecule has 0 radical (unpaired) electrons. The van der Waals surface area contributed by atoms with Crippen molar-refractivity contribution in [3.63, 3.8) is 0 Å². The van der Waals surface area contributed by atoms with Gasteiger partial charge in [0.05, 0.1) is 7.11 Å².